The van der Waals surface area contributed by atoms with Gasteiger partial charge in [-0.2, -0.15) is 0 Å². The molecule has 4 heteroatoms. The van der Waals surface area contributed by atoms with Crippen molar-refractivity contribution in [2.75, 3.05) is 0 Å². The number of aromatic nitrogens is 2. The highest BCUT2D eigenvalue weighted by Crippen LogP contribution is 2.27. The minimum absolute atomic E-state index is 0.0149. The van der Waals surface area contributed by atoms with Crippen LogP contribution >= 0.6 is 11.6 Å². The van der Waals surface area contributed by atoms with Gasteiger partial charge in [0.1, 0.15) is 5.82 Å². The molecule has 1 aliphatic heterocycles. The average molecular weight is 309 g/mol. The van der Waals surface area contributed by atoms with E-state index >= 15 is 0 Å². The van der Waals surface area contributed by atoms with Gasteiger partial charge in [-0.05, 0) is 41.8 Å². The number of hydrogen-bond donors (Lipinski definition) is 0. The summed E-state index contributed by atoms with van der Waals surface area (Å²) in [6.45, 7) is 0.669. The number of halogens is 1. The van der Waals surface area contributed by atoms with Crippen molar-refractivity contribution in [2.24, 2.45) is 0 Å². The minimum Gasteiger partial charge on any atom is -0.292 e. The zero-order chi connectivity index (χ0) is 15.1. The lowest BCUT2D eigenvalue weighted by atomic mass is 10.1. The van der Waals surface area contributed by atoms with E-state index in [1.54, 1.807) is 22.8 Å². The van der Waals surface area contributed by atoms with Gasteiger partial charge in [0, 0.05) is 11.6 Å². The second-order valence-corrected chi connectivity index (χ2v) is 5.82. The summed E-state index contributed by atoms with van der Waals surface area (Å²) in [7, 11) is 0. The second kappa shape index (κ2) is 5.11. The summed E-state index contributed by atoms with van der Waals surface area (Å²) >= 11 is 5.99. The summed E-state index contributed by atoms with van der Waals surface area (Å²) in [4.78, 5) is 17.3. The molecule has 0 bridgehead atoms. The molecule has 1 aromatic heterocycles. The average Bonchev–Trinajstić information content (AvgIpc) is 2.93. The molecule has 0 unspecified atom stereocenters. The molecule has 22 heavy (non-hydrogen) atoms. The van der Waals surface area contributed by atoms with Crippen LogP contribution in [0, 0.1) is 0 Å². The van der Waals surface area contributed by atoms with Crippen molar-refractivity contribution >= 4 is 34.2 Å². The van der Waals surface area contributed by atoms with E-state index in [0.29, 0.717) is 22.5 Å². The van der Waals surface area contributed by atoms with Gasteiger partial charge in [0.05, 0.1) is 10.9 Å². The highest BCUT2D eigenvalue weighted by Gasteiger charge is 2.20. The van der Waals surface area contributed by atoms with Crippen LogP contribution in [-0.2, 0) is 6.54 Å². The first-order valence-electron chi connectivity index (χ1n) is 7.18. The maximum absolute atomic E-state index is 12.6. The van der Waals surface area contributed by atoms with Gasteiger partial charge in [0.2, 0.25) is 0 Å². The lowest BCUT2D eigenvalue weighted by Gasteiger charge is -2.05. The van der Waals surface area contributed by atoms with Gasteiger partial charge in [-0.1, -0.05) is 41.9 Å². The Morgan fingerprint density at radius 2 is 1.95 bits per heavy atom. The summed E-state index contributed by atoms with van der Waals surface area (Å²) < 4.78 is 1.74. The van der Waals surface area contributed by atoms with Crippen molar-refractivity contribution in [3.63, 3.8) is 0 Å². The van der Waals surface area contributed by atoms with E-state index in [9.17, 15) is 4.79 Å². The zero-order valence-corrected chi connectivity index (χ0v) is 12.5. The molecular formula is C18H13ClN2O. The van der Waals surface area contributed by atoms with E-state index < -0.39 is 0 Å². The normalized spacial score (nSPS) is 15.4. The van der Waals surface area contributed by atoms with Crippen LogP contribution in [0.25, 0.3) is 22.6 Å². The summed E-state index contributed by atoms with van der Waals surface area (Å²) in [5, 5.41) is 1.14. The third-order valence-corrected chi connectivity index (χ3v) is 4.18. The number of rotatable bonds is 1. The summed E-state index contributed by atoms with van der Waals surface area (Å²) in [5.41, 5.74) is 2.90. The molecule has 4 rings (SSSR count). The quantitative estimate of drug-likeness (QED) is 0.681. The number of allylic oxidation sites excluding steroid dienone is 1. The number of benzene rings is 2. The third-order valence-electron chi connectivity index (χ3n) is 3.95. The first-order chi connectivity index (χ1) is 10.7. The monoisotopic (exact) mass is 308 g/mol. The lowest BCUT2D eigenvalue weighted by molar-refractivity contribution is 0.725. The van der Waals surface area contributed by atoms with Crippen LogP contribution in [0.5, 0.6) is 0 Å². The Hall–Kier alpha value is -2.39. The Morgan fingerprint density at radius 3 is 2.77 bits per heavy atom. The van der Waals surface area contributed by atoms with Crippen LogP contribution in [0.4, 0.5) is 0 Å². The van der Waals surface area contributed by atoms with Crippen molar-refractivity contribution in [3.05, 3.63) is 75.3 Å². The van der Waals surface area contributed by atoms with E-state index in [0.717, 1.165) is 23.4 Å². The van der Waals surface area contributed by atoms with Crippen molar-refractivity contribution in [3.8, 4) is 0 Å². The molecule has 0 amide bonds. The van der Waals surface area contributed by atoms with Gasteiger partial charge in [-0.25, -0.2) is 4.98 Å². The van der Waals surface area contributed by atoms with E-state index in [4.69, 9.17) is 11.6 Å². The highest BCUT2D eigenvalue weighted by molar-refractivity contribution is 6.31. The Balaban J connectivity index is 1.92. The predicted molar refractivity (Wildman–Crippen MR) is 89.9 cm³/mol. The van der Waals surface area contributed by atoms with Crippen LogP contribution in [0.1, 0.15) is 17.8 Å². The molecule has 0 aliphatic carbocycles. The largest absolute Gasteiger partial charge is 0.292 e. The molecule has 0 N–H and O–H groups in total. The van der Waals surface area contributed by atoms with Gasteiger partial charge < -0.3 is 0 Å². The Labute approximate surface area is 132 Å². The molecule has 3 aromatic rings. The van der Waals surface area contributed by atoms with Crippen molar-refractivity contribution in [1.82, 2.24) is 9.55 Å². The zero-order valence-electron chi connectivity index (χ0n) is 11.8. The Bertz CT molecular complexity index is 958. The van der Waals surface area contributed by atoms with E-state index in [1.165, 1.54) is 0 Å². The SMILES string of the molecule is O=c1c2cc(Cl)ccc2nc2n1CC/C2=C\c1ccccc1. The minimum atomic E-state index is -0.0149. The molecule has 1 aliphatic rings. The first kappa shape index (κ1) is 13.3. The maximum Gasteiger partial charge on any atom is 0.261 e. The summed E-state index contributed by atoms with van der Waals surface area (Å²) in [5.74, 6) is 0.767. The maximum atomic E-state index is 12.6. The lowest BCUT2D eigenvalue weighted by Crippen LogP contribution is -2.20. The van der Waals surface area contributed by atoms with Gasteiger partial charge in [0.15, 0.2) is 0 Å². The Morgan fingerprint density at radius 1 is 1.14 bits per heavy atom. The van der Waals surface area contributed by atoms with Crippen LogP contribution in [-0.4, -0.2) is 9.55 Å². The molecule has 0 fully saturated rings. The standard InChI is InChI=1S/C18H13ClN2O/c19-14-6-7-16-15(11-14)18(22)21-9-8-13(17(21)20-16)10-12-4-2-1-3-5-12/h1-7,10-11H,8-9H2/b13-10+. The molecule has 0 atom stereocenters. The number of fused-ring (bicyclic) bond motifs is 2. The highest BCUT2D eigenvalue weighted by atomic mass is 35.5. The van der Waals surface area contributed by atoms with E-state index in [1.807, 2.05) is 18.2 Å². The molecule has 0 radical (unpaired) electrons. The molecule has 108 valence electrons. The van der Waals surface area contributed by atoms with Gasteiger partial charge in [0.25, 0.3) is 5.56 Å². The number of hydrogen-bond acceptors (Lipinski definition) is 2. The first-order valence-corrected chi connectivity index (χ1v) is 7.56. The topological polar surface area (TPSA) is 34.9 Å². The van der Waals surface area contributed by atoms with Crippen molar-refractivity contribution in [2.45, 2.75) is 13.0 Å². The van der Waals surface area contributed by atoms with Crippen LogP contribution in [0.15, 0.2) is 53.3 Å². The fraction of sp³-hybridized carbons (Fsp3) is 0.111. The number of nitrogens with zero attached hydrogens (tertiary/aromatic N) is 2. The second-order valence-electron chi connectivity index (χ2n) is 5.38. The third kappa shape index (κ3) is 2.14. The molecular weight excluding hydrogens is 296 g/mol. The Kier molecular flexibility index (Phi) is 3.09. The van der Waals surface area contributed by atoms with Gasteiger partial charge in [-0.15, -0.1) is 0 Å². The van der Waals surface area contributed by atoms with Crippen LogP contribution < -0.4 is 5.56 Å². The summed E-state index contributed by atoms with van der Waals surface area (Å²) in [6.07, 6.45) is 2.92. The molecule has 0 saturated carbocycles. The van der Waals surface area contributed by atoms with Gasteiger partial charge in [-0.3, -0.25) is 9.36 Å². The smallest absolute Gasteiger partial charge is 0.261 e. The van der Waals surface area contributed by atoms with Gasteiger partial charge >= 0.3 is 0 Å². The molecule has 0 saturated heterocycles. The van der Waals surface area contributed by atoms with Crippen molar-refractivity contribution in [1.29, 1.82) is 0 Å². The van der Waals surface area contributed by atoms with E-state index in [2.05, 4.69) is 23.2 Å². The molecule has 2 aromatic carbocycles. The molecule has 3 nitrogen and oxygen atoms in total. The molecule has 0 spiro atoms. The fourth-order valence-electron chi connectivity index (χ4n) is 2.88. The summed E-state index contributed by atoms with van der Waals surface area (Å²) in [6, 6.07) is 15.4. The van der Waals surface area contributed by atoms with Crippen LogP contribution in [0.3, 0.4) is 0 Å². The molecule has 2 heterocycles. The fourth-order valence-corrected chi connectivity index (χ4v) is 3.05. The van der Waals surface area contributed by atoms with Crippen molar-refractivity contribution < 1.29 is 0 Å². The van der Waals surface area contributed by atoms with Crippen LogP contribution in [0.2, 0.25) is 5.02 Å². The van der Waals surface area contributed by atoms with E-state index in [-0.39, 0.29) is 5.56 Å². The predicted octanol–water partition coefficient (Wildman–Crippen LogP) is 3.99.